The van der Waals surface area contributed by atoms with Crippen molar-refractivity contribution in [3.05, 3.63) is 65.5 Å². The molecular formula is C28H29F7N2O5S. The van der Waals surface area contributed by atoms with Gasteiger partial charge in [-0.1, -0.05) is 24.3 Å². The maximum Gasteiger partial charge on any atom is 0.430 e. The summed E-state index contributed by atoms with van der Waals surface area (Å²) in [5.41, 5.74) is -6.91. The van der Waals surface area contributed by atoms with Crippen LogP contribution in [0.2, 0.25) is 0 Å². The molecule has 1 aliphatic heterocycles. The molecule has 0 radical (unpaired) electrons. The zero-order valence-electron chi connectivity index (χ0n) is 22.8. The minimum absolute atomic E-state index is 0.106. The van der Waals surface area contributed by atoms with E-state index in [0.717, 1.165) is 36.4 Å². The van der Waals surface area contributed by atoms with E-state index < -0.39 is 55.9 Å². The van der Waals surface area contributed by atoms with Crippen molar-refractivity contribution in [3.8, 4) is 0 Å². The monoisotopic (exact) mass is 638 g/mol. The van der Waals surface area contributed by atoms with E-state index in [-0.39, 0.29) is 41.5 Å². The predicted molar refractivity (Wildman–Crippen MR) is 138 cm³/mol. The number of benzene rings is 2. The topological polar surface area (TPSA) is 104 Å². The quantitative estimate of drug-likeness (QED) is 0.352. The molecule has 2 fully saturated rings. The number of halogens is 7. The Bertz CT molecular complexity index is 1440. The molecule has 236 valence electrons. The Hall–Kier alpha value is -3.20. The summed E-state index contributed by atoms with van der Waals surface area (Å²) < 4.78 is 120. The lowest BCUT2D eigenvalue weighted by Crippen LogP contribution is -2.53. The highest BCUT2D eigenvalue weighted by atomic mass is 32.2. The molecule has 1 saturated carbocycles. The molecule has 2 aromatic rings. The number of carbonyl (C=O) groups excluding carboxylic acids is 2. The van der Waals surface area contributed by atoms with Crippen LogP contribution in [0.3, 0.4) is 0 Å². The molecule has 2 N–H and O–H groups in total. The second-order valence-electron chi connectivity index (χ2n) is 11.0. The third-order valence-corrected chi connectivity index (χ3v) is 10.9. The highest BCUT2D eigenvalue weighted by Crippen LogP contribution is 2.52. The van der Waals surface area contributed by atoms with Crippen molar-refractivity contribution < 1.29 is 53.8 Å². The molecule has 4 rings (SSSR count). The van der Waals surface area contributed by atoms with Gasteiger partial charge >= 0.3 is 12.4 Å². The number of amides is 2. The van der Waals surface area contributed by atoms with Crippen LogP contribution >= 0.6 is 0 Å². The highest BCUT2D eigenvalue weighted by molar-refractivity contribution is 7.92. The summed E-state index contributed by atoms with van der Waals surface area (Å²) in [6, 6.07) is 5.43. The number of piperidine rings is 1. The van der Waals surface area contributed by atoms with Crippen molar-refractivity contribution in [3.63, 3.8) is 0 Å². The lowest BCUT2D eigenvalue weighted by Gasteiger charge is -2.34. The Labute approximate surface area is 243 Å². The summed E-state index contributed by atoms with van der Waals surface area (Å²) in [4.78, 5) is 25.9. The van der Waals surface area contributed by atoms with Gasteiger partial charge < -0.3 is 15.3 Å². The Kier molecular flexibility index (Phi) is 8.66. The van der Waals surface area contributed by atoms with E-state index in [1.54, 1.807) is 4.90 Å². The van der Waals surface area contributed by atoms with Crippen molar-refractivity contribution in [2.45, 2.75) is 72.7 Å². The third kappa shape index (κ3) is 5.85. The molecule has 15 heteroatoms. The van der Waals surface area contributed by atoms with Crippen LogP contribution in [-0.2, 0) is 29.8 Å². The van der Waals surface area contributed by atoms with Gasteiger partial charge in [0.2, 0.25) is 11.8 Å². The molecule has 2 aliphatic rings. The van der Waals surface area contributed by atoms with Crippen molar-refractivity contribution in [1.82, 2.24) is 10.2 Å². The minimum Gasteiger partial charge on any atom is -0.369 e. The average molecular weight is 639 g/mol. The van der Waals surface area contributed by atoms with Gasteiger partial charge in [-0.15, -0.1) is 0 Å². The van der Waals surface area contributed by atoms with Crippen molar-refractivity contribution in [2.75, 3.05) is 13.1 Å². The Morgan fingerprint density at radius 3 is 1.93 bits per heavy atom. The number of aliphatic hydroxyl groups is 1. The maximum absolute atomic E-state index is 14.0. The number of alkyl halides is 6. The fourth-order valence-corrected chi connectivity index (χ4v) is 8.11. The van der Waals surface area contributed by atoms with Gasteiger partial charge in [0.05, 0.1) is 4.90 Å². The second kappa shape index (κ2) is 11.4. The fourth-order valence-electron chi connectivity index (χ4n) is 5.91. The largest absolute Gasteiger partial charge is 0.430 e. The first-order valence-electron chi connectivity index (χ1n) is 13.4. The van der Waals surface area contributed by atoms with Crippen LogP contribution in [-0.4, -0.2) is 61.7 Å². The highest BCUT2D eigenvalue weighted by Gasteiger charge is 2.71. The normalized spacial score (nSPS) is 22.4. The van der Waals surface area contributed by atoms with Crippen molar-refractivity contribution in [1.29, 1.82) is 0 Å². The zero-order valence-corrected chi connectivity index (χ0v) is 23.6. The van der Waals surface area contributed by atoms with E-state index in [0.29, 0.717) is 38.1 Å². The van der Waals surface area contributed by atoms with E-state index in [9.17, 15) is 53.8 Å². The summed E-state index contributed by atoms with van der Waals surface area (Å²) in [6.07, 6.45) is -11.8. The van der Waals surface area contributed by atoms with Crippen LogP contribution in [0.25, 0.3) is 0 Å². The first kappa shape index (κ1) is 32.7. The van der Waals surface area contributed by atoms with E-state index in [1.807, 2.05) is 0 Å². The second-order valence-corrected chi connectivity index (χ2v) is 13.2. The predicted octanol–water partition coefficient (Wildman–Crippen LogP) is 4.73. The molecule has 7 nitrogen and oxygen atoms in total. The summed E-state index contributed by atoms with van der Waals surface area (Å²) >= 11 is 0. The van der Waals surface area contributed by atoms with Gasteiger partial charge in [-0.3, -0.25) is 9.59 Å². The Morgan fingerprint density at radius 1 is 0.907 bits per heavy atom. The molecule has 1 heterocycles. The molecule has 2 aromatic carbocycles. The molecular weight excluding hydrogens is 609 g/mol. The molecule has 1 saturated heterocycles. The number of nitrogens with one attached hydrogen (secondary N) is 1. The molecule has 43 heavy (non-hydrogen) atoms. The van der Waals surface area contributed by atoms with E-state index >= 15 is 0 Å². The summed E-state index contributed by atoms with van der Waals surface area (Å²) in [6.45, 7) is 2.16. The number of nitrogens with zero attached hydrogens (tertiary/aromatic N) is 1. The van der Waals surface area contributed by atoms with Crippen LogP contribution in [0, 0.1) is 11.7 Å². The number of rotatable bonds is 6. The van der Waals surface area contributed by atoms with Crippen LogP contribution in [0.4, 0.5) is 30.7 Å². The molecule has 0 unspecified atom stereocenters. The van der Waals surface area contributed by atoms with Crippen LogP contribution < -0.4 is 5.32 Å². The van der Waals surface area contributed by atoms with Gasteiger partial charge in [-0.2, -0.15) is 26.3 Å². The first-order valence-corrected chi connectivity index (χ1v) is 14.8. The van der Waals surface area contributed by atoms with Gasteiger partial charge in [-0.25, -0.2) is 12.8 Å². The number of likely N-dealkylation sites (tertiary alicyclic amines) is 1. The summed E-state index contributed by atoms with van der Waals surface area (Å²) in [5, 5.41) is 12.6. The van der Waals surface area contributed by atoms with Crippen LogP contribution in [0.15, 0.2) is 53.4 Å². The summed E-state index contributed by atoms with van der Waals surface area (Å²) in [7, 11) is -4.45. The van der Waals surface area contributed by atoms with E-state index in [1.165, 1.54) is 6.92 Å². The number of carbonyl (C=O) groups is 2. The van der Waals surface area contributed by atoms with Crippen LogP contribution in [0.5, 0.6) is 0 Å². The molecule has 0 spiro atoms. The number of hydrogen-bond acceptors (Lipinski definition) is 5. The SMILES string of the molecule is CC(=O)N1CCC(C(=O)N[C@@H]2CC[C@](c3ccc(C(O)(C(F)(F)F)C(F)(F)F)cc3)(S(=O)(=O)c3ccc(F)cc3)C2)CC1. The van der Waals surface area contributed by atoms with Gasteiger partial charge in [0.1, 0.15) is 10.6 Å². The molecule has 1 aliphatic carbocycles. The average Bonchev–Trinajstić information content (AvgIpc) is 3.37. The molecule has 2 amide bonds. The minimum atomic E-state index is -6.13. The lowest BCUT2D eigenvalue weighted by molar-refractivity contribution is -0.376. The fraction of sp³-hybridized carbons (Fsp3) is 0.500. The van der Waals surface area contributed by atoms with Crippen molar-refractivity contribution in [2.24, 2.45) is 5.92 Å². The smallest absolute Gasteiger partial charge is 0.369 e. The van der Waals surface area contributed by atoms with Gasteiger partial charge in [0.25, 0.3) is 5.60 Å². The van der Waals surface area contributed by atoms with E-state index in [2.05, 4.69) is 5.32 Å². The van der Waals surface area contributed by atoms with Gasteiger partial charge in [0.15, 0.2) is 9.84 Å². The summed E-state index contributed by atoms with van der Waals surface area (Å²) in [5.74, 6) is -1.66. The number of hydrogen-bond donors (Lipinski definition) is 2. The third-order valence-electron chi connectivity index (χ3n) is 8.42. The molecule has 2 atom stereocenters. The lowest BCUT2D eigenvalue weighted by atomic mass is 9.88. The standard InChI is InChI=1S/C28H29F7N2O5S/c1-17(38)37-14-11-18(12-15-37)24(39)36-22-10-13-25(16-22,43(41,42)23-8-6-21(29)7-9-23)19-2-4-20(5-3-19)26(40,27(30,31)32)28(33,34)35/h2-9,18,22,40H,10-16H2,1H3,(H,36,39)/t22-,25+/m1/s1. The van der Waals surface area contributed by atoms with Crippen LogP contribution in [0.1, 0.15) is 50.2 Å². The van der Waals surface area contributed by atoms with Gasteiger partial charge in [0, 0.05) is 37.5 Å². The molecule has 0 aromatic heterocycles. The maximum atomic E-state index is 14.0. The van der Waals surface area contributed by atoms with Crippen molar-refractivity contribution >= 4 is 21.7 Å². The van der Waals surface area contributed by atoms with Gasteiger partial charge in [-0.05, 0) is 61.9 Å². The zero-order chi connectivity index (χ0) is 32.0. The number of sulfone groups is 1. The first-order chi connectivity index (χ1) is 19.8. The Balaban J connectivity index is 1.68. The van der Waals surface area contributed by atoms with E-state index in [4.69, 9.17) is 0 Å². The Morgan fingerprint density at radius 2 is 1.44 bits per heavy atom. The molecule has 0 bridgehead atoms.